The van der Waals surface area contributed by atoms with Gasteiger partial charge in [0.05, 0.1) is 0 Å². The number of benzene rings is 3. The Morgan fingerprint density at radius 2 is 1.78 bits per heavy atom. The summed E-state index contributed by atoms with van der Waals surface area (Å²) in [7, 11) is -3.59. The van der Waals surface area contributed by atoms with E-state index >= 15 is 4.39 Å². The number of rotatable bonds is 10. The molecule has 0 aliphatic carbocycles. The van der Waals surface area contributed by atoms with Gasteiger partial charge in [0.1, 0.15) is 28.4 Å². The molecule has 3 aromatic rings. The van der Waals surface area contributed by atoms with Crippen molar-refractivity contribution in [3.8, 4) is 0 Å². The number of sulfone groups is 1. The second kappa shape index (κ2) is 12.8. The Bertz CT molecular complexity index is 1490. The Morgan fingerprint density at radius 1 is 1.10 bits per heavy atom. The molecule has 7 nitrogen and oxygen atoms in total. The zero-order chi connectivity index (χ0) is 29.8. The number of hydrogen-bond donors (Lipinski definition) is 4. The van der Waals surface area contributed by atoms with Gasteiger partial charge in [-0.2, -0.15) is 0 Å². The van der Waals surface area contributed by atoms with Crippen LogP contribution in [0.3, 0.4) is 0 Å². The van der Waals surface area contributed by atoms with Gasteiger partial charge in [0.2, 0.25) is 5.91 Å². The van der Waals surface area contributed by atoms with Crippen molar-refractivity contribution in [2.24, 2.45) is 0 Å². The Labute approximate surface area is 242 Å². The predicted octanol–water partition coefficient (Wildman–Crippen LogP) is 4.67. The van der Waals surface area contributed by atoms with Crippen molar-refractivity contribution in [3.05, 3.63) is 94.3 Å². The molecule has 0 radical (unpaired) electrons. The average molecular weight is 609 g/mol. The standard InChI is InChI=1S/C29H32ClF3N4O3S/c1-18-16-34-17-29(37-18,41(2,39)40)11-10-24-25(33)4-3-5-26(24)36-27(12-19-6-8-20(30)9-7-19)28(38)35-23-14-21(31)13-22(32)15-23/h3-9,13-15,18,27,34,36-37H,10-12,16-17H2,1-2H3,(H,35,38)/t18-,27-,29-/m0/s1. The van der Waals surface area contributed by atoms with E-state index < -0.39 is 44.1 Å². The first-order chi connectivity index (χ1) is 19.3. The summed E-state index contributed by atoms with van der Waals surface area (Å²) in [6, 6.07) is 12.7. The van der Waals surface area contributed by atoms with Gasteiger partial charge in [-0.1, -0.05) is 29.8 Å². The van der Waals surface area contributed by atoms with Crippen LogP contribution >= 0.6 is 11.6 Å². The molecule has 12 heteroatoms. The number of anilines is 2. The number of nitrogens with one attached hydrogen (secondary N) is 4. The number of piperazine rings is 1. The minimum absolute atomic E-state index is 0.0495. The van der Waals surface area contributed by atoms with Crippen LogP contribution in [0.1, 0.15) is 24.5 Å². The molecule has 1 amide bonds. The van der Waals surface area contributed by atoms with Crippen molar-refractivity contribution in [1.82, 2.24) is 10.6 Å². The number of carbonyl (C=O) groups is 1. The molecule has 220 valence electrons. The van der Waals surface area contributed by atoms with Crippen LogP contribution in [-0.2, 0) is 27.5 Å². The molecule has 4 N–H and O–H groups in total. The zero-order valence-corrected chi connectivity index (χ0v) is 24.2. The molecule has 1 fully saturated rings. The van der Waals surface area contributed by atoms with Crippen molar-refractivity contribution in [2.75, 3.05) is 30.0 Å². The van der Waals surface area contributed by atoms with Gasteiger partial charge in [-0.3, -0.25) is 10.1 Å². The van der Waals surface area contributed by atoms with Crippen LogP contribution in [0.2, 0.25) is 5.02 Å². The quantitative estimate of drug-likeness (QED) is 0.267. The maximum atomic E-state index is 15.2. The summed E-state index contributed by atoms with van der Waals surface area (Å²) < 4.78 is 68.4. The Balaban J connectivity index is 1.63. The Hall–Kier alpha value is -3.12. The van der Waals surface area contributed by atoms with Gasteiger partial charge < -0.3 is 16.0 Å². The molecule has 0 saturated carbocycles. The molecule has 1 saturated heterocycles. The molecule has 0 spiro atoms. The van der Waals surface area contributed by atoms with E-state index in [1.54, 1.807) is 30.3 Å². The predicted molar refractivity (Wildman–Crippen MR) is 155 cm³/mol. The summed E-state index contributed by atoms with van der Waals surface area (Å²) in [5.41, 5.74) is 1.16. The van der Waals surface area contributed by atoms with Crippen molar-refractivity contribution < 1.29 is 26.4 Å². The van der Waals surface area contributed by atoms with Crippen molar-refractivity contribution >= 4 is 38.7 Å². The lowest BCUT2D eigenvalue weighted by molar-refractivity contribution is -0.116. The molecule has 3 atom stereocenters. The molecular formula is C29H32ClF3N4O3S. The van der Waals surface area contributed by atoms with Crippen LogP contribution < -0.4 is 21.3 Å². The second-order valence-corrected chi connectivity index (χ2v) is 13.1. The van der Waals surface area contributed by atoms with Crippen molar-refractivity contribution in [1.29, 1.82) is 0 Å². The highest BCUT2D eigenvalue weighted by Gasteiger charge is 2.43. The smallest absolute Gasteiger partial charge is 0.247 e. The van der Waals surface area contributed by atoms with Crippen LogP contribution in [0.25, 0.3) is 0 Å². The third-order valence-corrected chi connectivity index (χ3v) is 9.25. The Morgan fingerprint density at radius 3 is 2.41 bits per heavy atom. The average Bonchev–Trinajstić information content (AvgIpc) is 2.88. The lowest BCUT2D eigenvalue weighted by Gasteiger charge is -2.40. The lowest BCUT2D eigenvalue weighted by atomic mass is 9.99. The van der Waals surface area contributed by atoms with E-state index in [0.717, 1.165) is 24.0 Å². The first-order valence-electron chi connectivity index (χ1n) is 13.1. The number of halogens is 4. The third-order valence-electron chi connectivity index (χ3n) is 7.11. The topological polar surface area (TPSA) is 99.3 Å². The van der Waals surface area contributed by atoms with Gasteiger partial charge >= 0.3 is 0 Å². The maximum Gasteiger partial charge on any atom is 0.247 e. The molecule has 1 aliphatic rings. The van der Waals surface area contributed by atoms with Gasteiger partial charge in [0.25, 0.3) is 0 Å². The van der Waals surface area contributed by atoms with E-state index in [1.807, 2.05) is 6.92 Å². The molecular weight excluding hydrogens is 577 g/mol. The van der Waals surface area contributed by atoms with Crippen LogP contribution in [0.5, 0.6) is 0 Å². The largest absolute Gasteiger partial charge is 0.373 e. The minimum Gasteiger partial charge on any atom is -0.373 e. The lowest BCUT2D eigenvalue weighted by Crippen LogP contribution is -2.66. The summed E-state index contributed by atoms with van der Waals surface area (Å²) in [6.07, 6.45) is 1.41. The fourth-order valence-electron chi connectivity index (χ4n) is 5.01. The molecule has 0 aromatic heterocycles. The molecule has 4 rings (SSSR count). The van der Waals surface area contributed by atoms with Crippen molar-refractivity contribution in [3.63, 3.8) is 0 Å². The van der Waals surface area contributed by atoms with E-state index in [0.29, 0.717) is 23.3 Å². The minimum atomic E-state index is -3.59. The van der Waals surface area contributed by atoms with E-state index in [4.69, 9.17) is 11.6 Å². The molecule has 41 heavy (non-hydrogen) atoms. The van der Waals surface area contributed by atoms with Crippen LogP contribution in [-0.4, -0.2) is 50.6 Å². The van der Waals surface area contributed by atoms with Gasteiger partial charge in [0.15, 0.2) is 9.84 Å². The normalized spacial score (nSPS) is 19.9. The van der Waals surface area contributed by atoms with Gasteiger partial charge in [-0.25, -0.2) is 21.6 Å². The monoisotopic (exact) mass is 608 g/mol. The first-order valence-corrected chi connectivity index (χ1v) is 15.4. The summed E-state index contributed by atoms with van der Waals surface area (Å²) in [6.45, 7) is 2.63. The Kier molecular flexibility index (Phi) is 9.63. The fourth-order valence-corrected chi connectivity index (χ4v) is 6.39. The van der Waals surface area contributed by atoms with Gasteiger partial charge in [-0.15, -0.1) is 0 Å². The van der Waals surface area contributed by atoms with Gasteiger partial charge in [-0.05, 0) is 61.7 Å². The molecule has 0 bridgehead atoms. The molecule has 1 aliphatic heterocycles. The summed E-state index contributed by atoms with van der Waals surface area (Å²) >= 11 is 6.01. The van der Waals surface area contributed by atoms with Gasteiger partial charge in [0, 0.05) is 59.8 Å². The molecule has 1 heterocycles. The van der Waals surface area contributed by atoms with Crippen LogP contribution in [0.4, 0.5) is 24.5 Å². The molecule has 0 unspecified atom stereocenters. The van der Waals surface area contributed by atoms with E-state index in [9.17, 15) is 22.0 Å². The van der Waals surface area contributed by atoms with E-state index in [-0.39, 0.29) is 43.1 Å². The third kappa shape index (κ3) is 7.79. The SMILES string of the molecule is C[C@H]1CNC[C@](CCc2c(F)cccc2N[C@@H](Cc2ccc(Cl)cc2)C(=O)Nc2cc(F)cc(F)c2)(S(C)(=O)=O)N1. The van der Waals surface area contributed by atoms with Crippen LogP contribution in [0, 0.1) is 17.5 Å². The summed E-state index contributed by atoms with van der Waals surface area (Å²) in [4.78, 5) is 12.1. The number of amides is 1. The zero-order valence-electron chi connectivity index (χ0n) is 22.6. The summed E-state index contributed by atoms with van der Waals surface area (Å²) in [5, 5.41) is 12.4. The number of carbonyl (C=O) groups excluding carboxylic acids is 1. The first kappa shape index (κ1) is 30.8. The van der Waals surface area contributed by atoms with Crippen LogP contribution in [0.15, 0.2) is 60.7 Å². The highest BCUT2D eigenvalue weighted by Crippen LogP contribution is 2.29. The second-order valence-electron chi connectivity index (χ2n) is 10.4. The fraction of sp³-hybridized carbons (Fsp3) is 0.345. The van der Waals surface area contributed by atoms with E-state index in [2.05, 4.69) is 21.3 Å². The highest BCUT2D eigenvalue weighted by atomic mass is 35.5. The molecule has 3 aromatic carbocycles. The highest BCUT2D eigenvalue weighted by molar-refractivity contribution is 7.92. The number of hydrogen-bond acceptors (Lipinski definition) is 6. The van der Waals surface area contributed by atoms with Crippen molar-refractivity contribution in [2.45, 2.75) is 43.1 Å². The van der Waals surface area contributed by atoms with E-state index in [1.165, 1.54) is 12.1 Å². The maximum absolute atomic E-state index is 15.2. The summed E-state index contributed by atoms with van der Waals surface area (Å²) in [5.74, 6) is -2.88.